The van der Waals surface area contributed by atoms with Crippen LogP contribution in [0.15, 0.2) is 0 Å². The summed E-state index contributed by atoms with van der Waals surface area (Å²) in [6, 6.07) is -1.42. The highest BCUT2D eigenvalue weighted by molar-refractivity contribution is 5.80. The van der Waals surface area contributed by atoms with Crippen molar-refractivity contribution in [2.75, 3.05) is 52.4 Å². The molecule has 0 fully saturated rings. The molecule has 0 aliphatic heterocycles. The molecule has 13 nitrogen and oxygen atoms in total. The number of ether oxygens (including phenoxy) is 4. The normalized spacial score (nSPS) is 13.8. The number of rotatable bonds is 16. The fraction of sp³-hybridized carbons (Fsp3) is 0.853. The Morgan fingerprint density at radius 3 is 1.11 bits per heavy atom. The molecular weight excluding hydrogens is 610 g/mol. The number of carbonyl (C=O) groups excluding carboxylic acids is 4. The largest absolute Gasteiger partial charge is 0.480 e. The predicted molar refractivity (Wildman–Crippen MR) is 179 cm³/mol. The van der Waals surface area contributed by atoms with E-state index in [4.69, 9.17) is 18.9 Å². The molecule has 47 heavy (non-hydrogen) atoms. The molecule has 0 heterocycles. The molecule has 0 aliphatic rings. The molecule has 0 saturated carbocycles. The summed E-state index contributed by atoms with van der Waals surface area (Å²) in [5.41, 5.74) is -3.35. The molecule has 0 aliphatic carbocycles. The minimum atomic E-state index is -1.42. The molecular formula is C34H63N3O10. The highest BCUT2D eigenvalue weighted by Crippen LogP contribution is 2.17. The Morgan fingerprint density at radius 2 is 0.809 bits per heavy atom. The lowest BCUT2D eigenvalue weighted by Gasteiger charge is -2.35. The van der Waals surface area contributed by atoms with E-state index in [1.54, 1.807) is 88.0 Å². The molecule has 0 bridgehead atoms. The van der Waals surface area contributed by atoms with Gasteiger partial charge in [-0.15, -0.1) is 0 Å². The average molecular weight is 674 g/mol. The highest BCUT2D eigenvalue weighted by atomic mass is 16.6. The third kappa shape index (κ3) is 24.1. The number of hydrogen-bond donors (Lipinski definition) is 1. The van der Waals surface area contributed by atoms with Crippen molar-refractivity contribution >= 4 is 29.8 Å². The van der Waals surface area contributed by atoms with Gasteiger partial charge >= 0.3 is 29.8 Å². The van der Waals surface area contributed by atoms with Gasteiger partial charge in [0.25, 0.3) is 0 Å². The Hall–Kier alpha value is -2.77. The van der Waals surface area contributed by atoms with Crippen molar-refractivity contribution in [1.82, 2.24) is 14.7 Å². The summed E-state index contributed by atoms with van der Waals surface area (Å²) in [6.07, 6.45) is 0. The summed E-state index contributed by atoms with van der Waals surface area (Å²) in [5, 5.41) is 10.4. The molecule has 274 valence electrons. The van der Waals surface area contributed by atoms with Crippen molar-refractivity contribution in [3.8, 4) is 0 Å². The van der Waals surface area contributed by atoms with Gasteiger partial charge in [-0.05, 0) is 88.5 Å². The van der Waals surface area contributed by atoms with Gasteiger partial charge in [0.15, 0.2) is 0 Å². The molecule has 1 N–H and O–H groups in total. The molecule has 13 heteroatoms. The number of esters is 4. The smallest absolute Gasteiger partial charge is 0.322 e. The van der Waals surface area contributed by atoms with Crippen molar-refractivity contribution in [2.45, 2.75) is 132 Å². The summed E-state index contributed by atoms with van der Waals surface area (Å²) in [6.45, 7) is 26.1. The molecule has 0 saturated heterocycles. The Kier molecular flexibility index (Phi) is 16.5. The SMILES string of the molecule is CC(C)(C)CN(CCN(CC(=O)OC(C)(C)C)C[C@H](C(=O)O)N(CC(=O)OC(C)(C)C)CC(=O)OC(C)(C)C)CC(=O)OC(C)(C)C. The Balaban J connectivity index is 6.48. The van der Waals surface area contributed by atoms with E-state index >= 15 is 0 Å². The van der Waals surface area contributed by atoms with Gasteiger partial charge in [0.2, 0.25) is 0 Å². The first-order valence-corrected chi connectivity index (χ1v) is 16.1. The predicted octanol–water partition coefficient (Wildman–Crippen LogP) is 3.76. The molecule has 0 aromatic heterocycles. The van der Waals surface area contributed by atoms with Gasteiger partial charge in [0.05, 0.1) is 26.2 Å². The molecule has 0 aromatic rings. The fourth-order valence-corrected chi connectivity index (χ4v) is 4.47. The van der Waals surface area contributed by atoms with Crippen LogP contribution < -0.4 is 0 Å². The number of hydrogen-bond acceptors (Lipinski definition) is 12. The van der Waals surface area contributed by atoms with E-state index in [2.05, 4.69) is 0 Å². The van der Waals surface area contributed by atoms with Crippen LogP contribution in [0.3, 0.4) is 0 Å². The first-order valence-electron chi connectivity index (χ1n) is 16.1. The van der Waals surface area contributed by atoms with E-state index in [-0.39, 0.29) is 38.1 Å². The molecule has 0 unspecified atom stereocenters. The van der Waals surface area contributed by atoms with Crippen LogP contribution in [0.2, 0.25) is 0 Å². The van der Waals surface area contributed by atoms with Crippen LogP contribution in [0.4, 0.5) is 0 Å². The van der Waals surface area contributed by atoms with Gasteiger partial charge in [0, 0.05) is 26.2 Å². The second-order valence-corrected chi connectivity index (χ2v) is 17.1. The van der Waals surface area contributed by atoms with Gasteiger partial charge in [-0.2, -0.15) is 0 Å². The van der Waals surface area contributed by atoms with Crippen LogP contribution in [0.1, 0.15) is 104 Å². The van der Waals surface area contributed by atoms with E-state index in [0.29, 0.717) is 6.54 Å². The van der Waals surface area contributed by atoms with Gasteiger partial charge in [0.1, 0.15) is 28.4 Å². The Labute approximate surface area is 282 Å². The van der Waals surface area contributed by atoms with Crippen LogP contribution in [0.25, 0.3) is 0 Å². The van der Waals surface area contributed by atoms with Crippen molar-refractivity contribution in [2.24, 2.45) is 5.41 Å². The van der Waals surface area contributed by atoms with Crippen LogP contribution >= 0.6 is 0 Å². The van der Waals surface area contributed by atoms with Crippen molar-refractivity contribution in [1.29, 1.82) is 0 Å². The maximum Gasteiger partial charge on any atom is 0.322 e. The number of nitrogens with zero attached hydrogens (tertiary/aromatic N) is 3. The zero-order valence-electron chi connectivity index (χ0n) is 31.7. The molecule has 0 aromatic carbocycles. The fourth-order valence-electron chi connectivity index (χ4n) is 4.47. The van der Waals surface area contributed by atoms with E-state index in [1.807, 2.05) is 25.7 Å². The maximum absolute atomic E-state index is 13.0. The molecule has 0 spiro atoms. The second-order valence-electron chi connectivity index (χ2n) is 17.1. The van der Waals surface area contributed by atoms with Crippen LogP contribution in [0, 0.1) is 5.41 Å². The molecule has 0 rings (SSSR count). The van der Waals surface area contributed by atoms with Gasteiger partial charge in [-0.25, -0.2) is 0 Å². The third-order valence-corrected chi connectivity index (χ3v) is 5.64. The third-order valence-electron chi connectivity index (χ3n) is 5.64. The lowest BCUT2D eigenvalue weighted by Crippen LogP contribution is -2.55. The minimum Gasteiger partial charge on any atom is -0.480 e. The van der Waals surface area contributed by atoms with Crippen molar-refractivity contribution < 1.29 is 48.0 Å². The summed E-state index contributed by atoms with van der Waals surface area (Å²) in [4.78, 5) is 69.0. The van der Waals surface area contributed by atoms with Crippen molar-refractivity contribution in [3.63, 3.8) is 0 Å². The van der Waals surface area contributed by atoms with Crippen molar-refractivity contribution in [3.05, 3.63) is 0 Å². The van der Waals surface area contributed by atoms with Crippen LogP contribution in [0.5, 0.6) is 0 Å². The summed E-state index contributed by atoms with van der Waals surface area (Å²) < 4.78 is 22.0. The van der Waals surface area contributed by atoms with Gasteiger partial charge in [-0.1, -0.05) is 20.8 Å². The lowest BCUT2D eigenvalue weighted by atomic mass is 9.96. The van der Waals surface area contributed by atoms with E-state index in [0.717, 1.165) is 0 Å². The number of carbonyl (C=O) groups is 5. The summed E-state index contributed by atoms with van der Waals surface area (Å²) >= 11 is 0. The topological polar surface area (TPSA) is 152 Å². The number of aliphatic carboxylic acids is 1. The standard InChI is InChI=1S/C34H63N3O10/c1-30(2,3)23-36(20-26(39)45-32(7,8)9)17-16-35(19-25(38)44-31(4,5)6)18-24(29(42)43)37(21-27(40)46-33(10,11)12)22-28(41)47-34(13,14)15/h24H,16-23H2,1-15H3,(H,42,43)/t24-/m1/s1. The van der Waals surface area contributed by atoms with E-state index < -0.39 is 71.4 Å². The molecule has 0 amide bonds. The maximum atomic E-state index is 13.0. The number of carboxylic acids is 1. The Morgan fingerprint density at radius 1 is 0.511 bits per heavy atom. The summed E-state index contributed by atoms with van der Waals surface area (Å²) in [7, 11) is 0. The number of carboxylic acid groups (broad SMARTS) is 1. The zero-order chi connectivity index (χ0) is 37.2. The zero-order valence-corrected chi connectivity index (χ0v) is 31.7. The first-order chi connectivity index (χ1) is 20.8. The Bertz CT molecular complexity index is 1030. The summed E-state index contributed by atoms with van der Waals surface area (Å²) in [5.74, 6) is -3.75. The van der Waals surface area contributed by atoms with Gasteiger partial charge < -0.3 is 24.1 Å². The molecule has 1 atom stereocenters. The van der Waals surface area contributed by atoms with Crippen LogP contribution in [-0.4, -0.2) is 130 Å². The molecule has 0 radical (unpaired) electrons. The average Bonchev–Trinajstić information content (AvgIpc) is 2.73. The quantitative estimate of drug-likeness (QED) is 0.187. The van der Waals surface area contributed by atoms with Crippen LogP contribution in [-0.2, 0) is 42.9 Å². The first kappa shape index (κ1) is 44.2. The minimum absolute atomic E-state index is 0.0133. The second kappa shape index (κ2) is 17.6. The van der Waals surface area contributed by atoms with E-state index in [1.165, 1.54) is 4.90 Å². The van der Waals surface area contributed by atoms with Gasteiger partial charge in [-0.3, -0.25) is 38.7 Å². The lowest BCUT2D eigenvalue weighted by molar-refractivity contribution is -0.165. The van der Waals surface area contributed by atoms with E-state index in [9.17, 15) is 29.1 Å². The monoisotopic (exact) mass is 673 g/mol. The highest BCUT2D eigenvalue weighted by Gasteiger charge is 2.35.